The van der Waals surface area contributed by atoms with Crippen molar-refractivity contribution in [2.24, 2.45) is 0 Å². The van der Waals surface area contributed by atoms with Crippen LogP contribution in [0.5, 0.6) is 23.0 Å². The number of carbonyl (C=O) groups excluding carboxylic acids is 2. The number of anilines is 1. The van der Waals surface area contributed by atoms with E-state index in [1.807, 2.05) is 15.5 Å². The second-order valence-electron chi connectivity index (χ2n) is 9.66. The molecule has 0 unspecified atom stereocenters. The van der Waals surface area contributed by atoms with Crippen molar-refractivity contribution >= 4 is 28.7 Å². The highest BCUT2D eigenvalue weighted by atomic mass is 16.5. The van der Waals surface area contributed by atoms with E-state index in [-0.39, 0.29) is 17.6 Å². The van der Waals surface area contributed by atoms with E-state index in [1.54, 1.807) is 77.1 Å². The molecule has 220 valence electrons. The number of aromatic nitrogens is 3. The summed E-state index contributed by atoms with van der Waals surface area (Å²) in [6.07, 6.45) is 1.61. The van der Waals surface area contributed by atoms with Gasteiger partial charge in [-0.25, -0.2) is 9.97 Å². The molecule has 5 rings (SSSR count). The summed E-state index contributed by atoms with van der Waals surface area (Å²) in [5, 5.41) is 2.83. The number of fused-ring (bicyclic) bond motifs is 1. The number of amides is 2. The Labute approximate surface area is 243 Å². The van der Waals surface area contributed by atoms with E-state index in [2.05, 4.69) is 20.2 Å². The van der Waals surface area contributed by atoms with Crippen molar-refractivity contribution in [1.29, 1.82) is 0 Å². The van der Waals surface area contributed by atoms with Crippen molar-refractivity contribution in [2.45, 2.75) is 6.54 Å². The minimum Gasteiger partial charge on any atom is -0.493 e. The van der Waals surface area contributed by atoms with Crippen LogP contribution in [0.15, 0.2) is 54.7 Å². The van der Waals surface area contributed by atoms with Gasteiger partial charge in [0.25, 0.3) is 11.8 Å². The largest absolute Gasteiger partial charge is 0.493 e. The van der Waals surface area contributed by atoms with Crippen LogP contribution < -0.4 is 24.3 Å². The molecule has 0 radical (unpaired) electrons. The number of piperazine rings is 1. The van der Waals surface area contributed by atoms with Gasteiger partial charge < -0.3 is 33.7 Å². The number of ether oxygens (including phenoxy) is 4. The van der Waals surface area contributed by atoms with Crippen LogP contribution in [0.2, 0.25) is 0 Å². The number of methoxy groups -OCH3 is 4. The number of rotatable bonds is 10. The van der Waals surface area contributed by atoms with Crippen LogP contribution in [0.3, 0.4) is 0 Å². The first kappa shape index (κ1) is 28.7. The summed E-state index contributed by atoms with van der Waals surface area (Å²) in [5.41, 5.74) is 1.92. The lowest BCUT2D eigenvalue weighted by atomic mass is 10.1. The second-order valence-corrected chi connectivity index (χ2v) is 9.66. The highest BCUT2D eigenvalue weighted by Crippen LogP contribution is 2.33. The quantitative estimate of drug-likeness (QED) is 0.305. The molecule has 0 aliphatic carbocycles. The number of nitrogens with zero attached hydrogens (tertiary/aromatic N) is 5. The minimum absolute atomic E-state index is 0.0503. The van der Waals surface area contributed by atoms with E-state index in [0.29, 0.717) is 79.2 Å². The molecule has 0 spiro atoms. The Morgan fingerprint density at radius 1 is 0.810 bits per heavy atom. The summed E-state index contributed by atoms with van der Waals surface area (Å²) in [7, 11) is 6.25. The van der Waals surface area contributed by atoms with Gasteiger partial charge in [0.1, 0.15) is 5.82 Å². The van der Waals surface area contributed by atoms with Crippen molar-refractivity contribution in [3.05, 3.63) is 66.1 Å². The molecule has 1 aliphatic heterocycles. The molecule has 1 N–H and O–H groups in total. The predicted octanol–water partition coefficient (Wildman–Crippen LogP) is 3.18. The van der Waals surface area contributed by atoms with Gasteiger partial charge in [-0.2, -0.15) is 0 Å². The van der Waals surface area contributed by atoms with Gasteiger partial charge in [0.05, 0.1) is 39.5 Å². The first-order valence-corrected chi connectivity index (χ1v) is 13.5. The lowest BCUT2D eigenvalue weighted by Gasteiger charge is -2.35. The fourth-order valence-electron chi connectivity index (χ4n) is 5.03. The van der Waals surface area contributed by atoms with Crippen LogP contribution in [0, 0.1) is 0 Å². The molecular weight excluding hydrogens is 540 g/mol. The van der Waals surface area contributed by atoms with Crippen LogP contribution in [-0.4, -0.2) is 97.3 Å². The maximum absolute atomic E-state index is 13.3. The average molecular weight is 575 g/mol. The smallest absolute Gasteiger partial charge is 0.292 e. The first-order chi connectivity index (χ1) is 20.4. The summed E-state index contributed by atoms with van der Waals surface area (Å²) in [6, 6.07) is 14.1. The van der Waals surface area contributed by atoms with Gasteiger partial charge in [0, 0.05) is 63.2 Å². The van der Waals surface area contributed by atoms with Crippen LogP contribution in [0.1, 0.15) is 21.0 Å². The summed E-state index contributed by atoms with van der Waals surface area (Å²) >= 11 is 0. The van der Waals surface area contributed by atoms with Gasteiger partial charge in [0.15, 0.2) is 28.8 Å². The number of benzene rings is 2. The van der Waals surface area contributed by atoms with Gasteiger partial charge in [-0.05, 0) is 30.3 Å². The van der Waals surface area contributed by atoms with Crippen molar-refractivity contribution in [3.63, 3.8) is 0 Å². The summed E-state index contributed by atoms with van der Waals surface area (Å²) < 4.78 is 23.5. The highest BCUT2D eigenvalue weighted by Gasteiger charge is 2.25. The predicted molar refractivity (Wildman–Crippen MR) is 157 cm³/mol. The molecule has 0 atom stereocenters. The number of imidazole rings is 1. The standard InChI is InChI=1S/C30H34N6O6/c1-39-23-9-8-20(17-24(23)40-2)30(38)35-14-11-34(12-15-35)13-16-36-22-19-26(42-4)25(41-3)18-21(22)32-28(36)29(37)33-27-7-5-6-10-31-27/h5-10,17-19H,11-16H2,1-4H3,(H,31,33,37). The zero-order valence-electron chi connectivity index (χ0n) is 24.1. The summed E-state index contributed by atoms with van der Waals surface area (Å²) in [4.78, 5) is 39.5. The Hall–Kier alpha value is -4.84. The van der Waals surface area contributed by atoms with Crippen LogP contribution in [-0.2, 0) is 6.54 Å². The molecule has 0 bridgehead atoms. The van der Waals surface area contributed by atoms with Gasteiger partial charge in [-0.3, -0.25) is 14.5 Å². The Kier molecular flexibility index (Phi) is 8.72. The van der Waals surface area contributed by atoms with E-state index in [9.17, 15) is 9.59 Å². The Morgan fingerprint density at radius 3 is 2.17 bits per heavy atom. The molecule has 1 saturated heterocycles. The molecule has 3 heterocycles. The van der Waals surface area contributed by atoms with E-state index in [0.717, 1.165) is 5.52 Å². The number of carbonyl (C=O) groups is 2. The lowest BCUT2D eigenvalue weighted by Crippen LogP contribution is -2.49. The normalized spacial score (nSPS) is 13.6. The number of hydrogen-bond acceptors (Lipinski definition) is 9. The summed E-state index contributed by atoms with van der Waals surface area (Å²) in [5.74, 6) is 2.45. The molecule has 12 nitrogen and oxygen atoms in total. The van der Waals surface area contributed by atoms with Crippen LogP contribution >= 0.6 is 0 Å². The third kappa shape index (κ3) is 5.93. The van der Waals surface area contributed by atoms with Crippen molar-refractivity contribution in [3.8, 4) is 23.0 Å². The zero-order valence-corrected chi connectivity index (χ0v) is 24.1. The first-order valence-electron chi connectivity index (χ1n) is 13.5. The summed E-state index contributed by atoms with van der Waals surface area (Å²) in [6.45, 7) is 3.70. The molecule has 2 aromatic heterocycles. The molecule has 4 aromatic rings. The maximum atomic E-state index is 13.3. The van der Waals surface area contributed by atoms with E-state index in [4.69, 9.17) is 18.9 Å². The van der Waals surface area contributed by atoms with Gasteiger partial charge in [-0.1, -0.05) is 6.07 Å². The molecular formula is C30H34N6O6. The molecule has 0 saturated carbocycles. The lowest BCUT2D eigenvalue weighted by molar-refractivity contribution is 0.0632. The van der Waals surface area contributed by atoms with Gasteiger partial charge in [0.2, 0.25) is 0 Å². The average Bonchev–Trinajstić information content (AvgIpc) is 3.40. The number of nitrogens with one attached hydrogen (secondary N) is 1. The van der Waals surface area contributed by atoms with Crippen LogP contribution in [0.4, 0.5) is 5.82 Å². The molecule has 2 aromatic carbocycles. The van der Waals surface area contributed by atoms with Gasteiger partial charge >= 0.3 is 0 Å². The van der Waals surface area contributed by atoms with E-state index < -0.39 is 0 Å². The molecule has 1 fully saturated rings. The van der Waals surface area contributed by atoms with Crippen molar-refractivity contribution < 1.29 is 28.5 Å². The van der Waals surface area contributed by atoms with Crippen LogP contribution in [0.25, 0.3) is 11.0 Å². The molecule has 2 amide bonds. The number of hydrogen-bond donors (Lipinski definition) is 1. The fourth-order valence-corrected chi connectivity index (χ4v) is 5.03. The maximum Gasteiger partial charge on any atom is 0.292 e. The fraction of sp³-hybridized carbons (Fsp3) is 0.333. The van der Waals surface area contributed by atoms with E-state index >= 15 is 0 Å². The molecule has 12 heteroatoms. The Balaban J connectivity index is 1.31. The van der Waals surface area contributed by atoms with E-state index in [1.165, 1.54) is 0 Å². The number of pyridine rings is 1. The van der Waals surface area contributed by atoms with Gasteiger partial charge in [-0.15, -0.1) is 0 Å². The minimum atomic E-state index is -0.367. The molecule has 42 heavy (non-hydrogen) atoms. The SMILES string of the molecule is COc1ccc(C(=O)N2CCN(CCn3c(C(=O)Nc4ccccn4)nc4cc(OC)c(OC)cc43)CC2)cc1OC. The van der Waals surface area contributed by atoms with Crippen molar-refractivity contribution in [1.82, 2.24) is 24.3 Å². The Morgan fingerprint density at radius 2 is 1.50 bits per heavy atom. The highest BCUT2D eigenvalue weighted by molar-refractivity contribution is 6.03. The molecule has 1 aliphatic rings. The third-order valence-corrected chi connectivity index (χ3v) is 7.29. The second kappa shape index (κ2) is 12.8. The Bertz CT molecular complexity index is 1570. The topological polar surface area (TPSA) is 120 Å². The zero-order chi connectivity index (χ0) is 29.6. The monoisotopic (exact) mass is 574 g/mol. The third-order valence-electron chi connectivity index (χ3n) is 7.29. The van der Waals surface area contributed by atoms with Crippen molar-refractivity contribution in [2.75, 3.05) is 66.5 Å².